The molecule has 1 heterocycles. The fraction of sp³-hybridized carbons (Fsp3) is 0.550. The average molecular weight is 298 g/mol. The summed E-state index contributed by atoms with van der Waals surface area (Å²) >= 11 is 0. The molecule has 2 heteroatoms. The summed E-state index contributed by atoms with van der Waals surface area (Å²) < 4.78 is 0. The van der Waals surface area contributed by atoms with Crippen molar-refractivity contribution >= 4 is 17.2 Å². The Kier molecular flexibility index (Phi) is 5.44. The van der Waals surface area contributed by atoms with Crippen molar-refractivity contribution in [1.29, 1.82) is 0 Å². The zero-order valence-corrected chi connectivity index (χ0v) is 14.9. The van der Waals surface area contributed by atoms with Crippen molar-refractivity contribution in [1.82, 2.24) is 4.90 Å². The molecule has 0 atom stereocenters. The smallest absolute Gasteiger partial charge is 0.112 e. The molecule has 120 valence electrons. The Balaban J connectivity index is 2.55. The highest BCUT2D eigenvalue weighted by Gasteiger charge is 2.27. The van der Waals surface area contributed by atoms with Crippen LogP contribution in [-0.4, -0.2) is 17.8 Å². The molecule has 0 spiro atoms. The molecule has 1 aromatic carbocycles. The van der Waals surface area contributed by atoms with Gasteiger partial charge in [0, 0.05) is 24.2 Å². The zero-order valence-electron chi connectivity index (χ0n) is 14.9. The number of benzene rings is 1. The van der Waals surface area contributed by atoms with Gasteiger partial charge in [0.15, 0.2) is 0 Å². The zero-order chi connectivity index (χ0) is 16.3. The summed E-state index contributed by atoms with van der Waals surface area (Å²) in [7, 11) is 2.12. The average Bonchev–Trinajstić information content (AvgIpc) is 2.50. The van der Waals surface area contributed by atoms with Crippen LogP contribution in [0.5, 0.6) is 0 Å². The van der Waals surface area contributed by atoms with Gasteiger partial charge in [-0.3, -0.25) is 0 Å². The summed E-state index contributed by atoms with van der Waals surface area (Å²) in [6.07, 6.45) is 5.82. The SMILES string of the molecule is C=C1c2cc(C)cc(CC)c2N=C(C(CCC)CCC)N1C. The third-order valence-corrected chi connectivity index (χ3v) is 4.64. The molecule has 0 saturated heterocycles. The topological polar surface area (TPSA) is 15.6 Å². The van der Waals surface area contributed by atoms with Crippen molar-refractivity contribution in [2.24, 2.45) is 10.9 Å². The van der Waals surface area contributed by atoms with Gasteiger partial charge in [-0.25, -0.2) is 4.99 Å². The van der Waals surface area contributed by atoms with E-state index in [4.69, 9.17) is 4.99 Å². The van der Waals surface area contributed by atoms with Crippen LogP contribution in [0.4, 0.5) is 5.69 Å². The van der Waals surface area contributed by atoms with Crippen molar-refractivity contribution < 1.29 is 0 Å². The molecule has 0 saturated carbocycles. The lowest BCUT2D eigenvalue weighted by atomic mass is 9.92. The third-order valence-electron chi connectivity index (χ3n) is 4.64. The highest BCUT2D eigenvalue weighted by atomic mass is 15.2. The van der Waals surface area contributed by atoms with Gasteiger partial charge < -0.3 is 4.90 Å². The predicted molar refractivity (Wildman–Crippen MR) is 97.8 cm³/mol. The second-order valence-electron chi connectivity index (χ2n) is 6.42. The lowest BCUT2D eigenvalue weighted by molar-refractivity contribution is 0.509. The minimum absolute atomic E-state index is 0.538. The molecular formula is C20H30N2. The van der Waals surface area contributed by atoms with Crippen molar-refractivity contribution in [2.45, 2.75) is 59.8 Å². The number of amidine groups is 1. The summed E-state index contributed by atoms with van der Waals surface area (Å²) in [6, 6.07) is 4.50. The molecule has 0 radical (unpaired) electrons. The van der Waals surface area contributed by atoms with Crippen molar-refractivity contribution in [3.05, 3.63) is 35.4 Å². The van der Waals surface area contributed by atoms with E-state index in [1.807, 2.05) is 0 Å². The molecule has 1 aliphatic rings. The van der Waals surface area contributed by atoms with E-state index in [1.54, 1.807) is 0 Å². The van der Waals surface area contributed by atoms with E-state index < -0.39 is 0 Å². The van der Waals surface area contributed by atoms with Crippen LogP contribution < -0.4 is 0 Å². The molecule has 0 aromatic heterocycles. The Labute approximate surface area is 136 Å². The molecular weight excluding hydrogens is 268 g/mol. The Hall–Kier alpha value is -1.57. The van der Waals surface area contributed by atoms with E-state index in [0.717, 1.165) is 17.8 Å². The van der Waals surface area contributed by atoms with E-state index in [9.17, 15) is 0 Å². The highest BCUT2D eigenvalue weighted by molar-refractivity contribution is 5.99. The first-order chi connectivity index (χ1) is 10.5. The second-order valence-corrected chi connectivity index (χ2v) is 6.42. The minimum atomic E-state index is 0.538. The van der Waals surface area contributed by atoms with Gasteiger partial charge >= 0.3 is 0 Å². The Bertz CT molecular complexity index is 578. The highest BCUT2D eigenvalue weighted by Crippen LogP contribution is 2.38. The molecule has 0 amide bonds. The van der Waals surface area contributed by atoms with Gasteiger partial charge in [-0.15, -0.1) is 0 Å². The van der Waals surface area contributed by atoms with Crippen LogP contribution in [0.15, 0.2) is 23.7 Å². The van der Waals surface area contributed by atoms with Gasteiger partial charge in [0.2, 0.25) is 0 Å². The number of fused-ring (bicyclic) bond motifs is 1. The lowest BCUT2D eigenvalue weighted by Crippen LogP contribution is -2.34. The molecule has 0 aliphatic carbocycles. The van der Waals surface area contributed by atoms with Gasteiger partial charge in [-0.2, -0.15) is 0 Å². The Morgan fingerprint density at radius 1 is 1.14 bits per heavy atom. The van der Waals surface area contributed by atoms with Crippen LogP contribution in [0.25, 0.3) is 5.70 Å². The number of nitrogens with zero attached hydrogens (tertiary/aromatic N) is 2. The molecule has 0 fully saturated rings. The van der Waals surface area contributed by atoms with Crippen molar-refractivity contribution in [2.75, 3.05) is 7.05 Å². The monoisotopic (exact) mass is 298 g/mol. The van der Waals surface area contributed by atoms with Crippen LogP contribution in [0.3, 0.4) is 0 Å². The molecule has 0 bridgehead atoms. The van der Waals surface area contributed by atoms with Crippen LogP contribution in [-0.2, 0) is 6.42 Å². The third kappa shape index (κ3) is 3.11. The summed E-state index contributed by atoms with van der Waals surface area (Å²) in [6.45, 7) is 13.2. The van der Waals surface area contributed by atoms with E-state index in [2.05, 4.69) is 58.4 Å². The number of hydrogen-bond donors (Lipinski definition) is 0. The maximum atomic E-state index is 5.11. The molecule has 1 aliphatic heterocycles. The first-order valence-electron chi connectivity index (χ1n) is 8.68. The standard InChI is InChI=1S/C20H30N2/c1-7-10-17(11-8-2)20-21-19-16(9-3)12-14(4)13-18(19)15(5)22(20)6/h12-13,17H,5,7-11H2,1-4,6H3. The van der Waals surface area contributed by atoms with E-state index in [0.29, 0.717) is 5.92 Å². The molecule has 1 aromatic rings. The van der Waals surface area contributed by atoms with E-state index >= 15 is 0 Å². The van der Waals surface area contributed by atoms with Crippen LogP contribution >= 0.6 is 0 Å². The van der Waals surface area contributed by atoms with Gasteiger partial charge in [0.25, 0.3) is 0 Å². The van der Waals surface area contributed by atoms with Crippen LogP contribution in [0.2, 0.25) is 0 Å². The molecule has 2 nitrogen and oxygen atoms in total. The van der Waals surface area contributed by atoms with Gasteiger partial charge in [-0.1, -0.05) is 51.8 Å². The summed E-state index contributed by atoms with van der Waals surface area (Å²) in [5, 5.41) is 0. The van der Waals surface area contributed by atoms with Crippen molar-refractivity contribution in [3.63, 3.8) is 0 Å². The van der Waals surface area contributed by atoms with E-state index in [-0.39, 0.29) is 0 Å². The largest absolute Gasteiger partial charge is 0.333 e. The lowest BCUT2D eigenvalue weighted by Gasteiger charge is -2.34. The summed E-state index contributed by atoms with van der Waals surface area (Å²) in [5.41, 5.74) is 6.09. The number of aliphatic imine (C=N–C) groups is 1. The predicted octanol–water partition coefficient (Wildman–Crippen LogP) is 5.72. The quantitative estimate of drug-likeness (QED) is 0.655. The Morgan fingerprint density at radius 2 is 1.77 bits per heavy atom. The molecule has 2 rings (SSSR count). The van der Waals surface area contributed by atoms with Crippen molar-refractivity contribution in [3.8, 4) is 0 Å². The fourth-order valence-electron chi connectivity index (χ4n) is 3.45. The minimum Gasteiger partial charge on any atom is -0.333 e. The fourth-order valence-corrected chi connectivity index (χ4v) is 3.45. The number of aryl methyl sites for hydroxylation is 2. The second kappa shape index (κ2) is 7.13. The van der Waals surface area contributed by atoms with Gasteiger partial charge in [-0.05, 0) is 37.8 Å². The summed E-state index contributed by atoms with van der Waals surface area (Å²) in [5.74, 6) is 1.75. The Morgan fingerprint density at radius 3 is 2.32 bits per heavy atom. The number of hydrogen-bond acceptors (Lipinski definition) is 2. The van der Waals surface area contributed by atoms with E-state index in [1.165, 1.54) is 48.2 Å². The normalized spacial score (nSPS) is 14.4. The van der Waals surface area contributed by atoms with Crippen LogP contribution in [0.1, 0.15) is 63.1 Å². The van der Waals surface area contributed by atoms with Gasteiger partial charge in [0.1, 0.15) is 5.84 Å². The molecule has 0 N–H and O–H groups in total. The maximum absolute atomic E-state index is 5.11. The maximum Gasteiger partial charge on any atom is 0.112 e. The summed E-state index contributed by atoms with van der Waals surface area (Å²) in [4.78, 5) is 7.33. The van der Waals surface area contributed by atoms with Crippen LogP contribution in [0, 0.1) is 12.8 Å². The molecule has 0 unspecified atom stereocenters. The first kappa shape index (κ1) is 16.8. The first-order valence-corrected chi connectivity index (χ1v) is 8.68. The number of rotatable bonds is 6. The molecule has 22 heavy (non-hydrogen) atoms. The van der Waals surface area contributed by atoms with Gasteiger partial charge in [0.05, 0.1) is 5.69 Å².